The predicted molar refractivity (Wildman–Crippen MR) is 99.2 cm³/mol. The van der Waals surface area contributed by atoms with Gasteiger partial charge < -0.3 is 14.5 Å². The molecule has 4 rings (SSSR count). The molecule has 8 heteroatoms. The molecule has 154 valence electrons. The van der Waals surface area contributed by atoms with Crippen LogP contribution in [-0.2, 0) is 4.79 Å². The maximum absolute atomic E-state index is 12.9. The minimum Gasteiger partial charge on any atom is -0.406 e. The summed E-state index contributed by atoms with van der Waals surface area (Å²) in [5, 5.41) is 0. The number of likely N-dealkylation sites (tertiary alicyclic amines) is 1. The number of carbonyl (C=O) groups is 1. The fourth-order valence-corrected chi connectivity index (χ4v) is 4.28. The van der Waals surface area contributed by atoms with E-state index in [9.17, 15) is 18.0 Å². The van der Waals surface area contributed by atoms with Crippen LogP contribution < -0.4 is 9.64 Å². The second kappa shape index (κ2) is 7.81. The highest BCUT2D eigenvalue weighted by atomic mass is 19.4. The van der Waals surface area contributed by atoms with Crippen LogP contribution in [0.3, 0.4) is 0 Å². The minimum atomic E-state index is -4.68. The van der Waals surface area contributed by atoms with Gasteiger partial charge in [-0.25, -0.2) is 0 Å². The summed E-state index contributed by atoms with van der Waals surface area (Å²) < 4.78 is 40.7. The standard InChI is InChI=1S/C20H26F3N3O2/c21-20(22,23)28-18-7-5-16(6-8-18)24-10-12-25(13-11-24)19(27)15-2-1-9-26(14-15)17-3-4-17/h5-8,15,17H,1-4,9-14H2. The van der Waals surface area contributed by atoms with Crippen molar-refractivity contribution >= 4 is 11.6 Å². The first-order valence-corrected chi connectivity index (χ1v) is 10.0. The largest absolute Gasteiger partial charge is 0.573 e. The number of anilines is 1. The Balaban J connectivity index is 1.28. The van der Waals surface area contributed by atoms with Crippen LogP contribution in [0.5, 0.6) is 5.75 Å². The van der Waals surface area contributed by atoms with Crippen LogP contribution in [0.2, 0.25) is 0 Å². The van der Waals surface area contributed by atoms with Crippen molar-refractivity contribution in [2.45, 2.75) is 38.1 Å². The first-order chi connectivity index (χ1) is 13.4. The van der Waals surface area contributed by atoms with E-state index >= 15 is 0 Å². The van der Waals surface area contributed by atoms with Crippen molar-refractivity contribution in [3.8, 4) is 5.75 Å². The number of carbonyl (C=O) groups excluding carboxylic acids is 1. The molecule has 0 N–H and O–H groups in total. The van der Waals surface area contributed by atoms with E-state index in [-0.39, 0.29) is 17.6 Å². The van der Waals surface area contributed by atoms with Gasteiger partial charge in [0, 0.05) is 44.5 Å². The van der Waals surface area contributed by atoms with E-state index in [4.69, 9.17) is 0 Å². The van der Waals surface area contributed by atoms with Crippen molar-refractivity contribution in [3.05, 3.63) is 24.3 Å². The predicted octanol–water partition coefficient (Wildman–Crippen LogP) is 3.11. The van der Waals surface area contributed by atoms with Crippen LogP contribution in [-0.4, -0.2) is 67.4 Å². The Bertz CT molecular complexity index is 683. The van der Waals surface area contributed by atoms with Crippen LogP contribution in [0.1, 0.15) is 25.7 Å². The molecule has 1 aliphatic carbocycles. The van der Waals surface area contributed by atoms with Gasteiger partial charge in [0.15, 0.2) is 0 Å². The van der Waals surface area contributed by atoms with Crippen molar-refractivity contribution < 1.29 is 22.7 Å². The van der Waals surface area contributed by atoms with E-state index in [0.29, 0.717) is 32.2 Å². The molecule has 3 aliphatic rings. The molecule has 1 aromatic rings. The molecule has 1 saturated carbocycles. The Morgan fingerprint density at radius 2 is 1.64 bits per heavy atom. The minimum absolute atomic E-state index is 0.111. The number of alkyl halides is 3. The van der Waals surface area contributed by atoms with Gasteiger partial charge in [0.2, 0.25) is 5.91 Å². The number of hydrogen-bond acceptors (Lipinski definition) is 4. The summed E-state index contributed by atoms with van der Waals surface area (Å²) >= 11 is 0. The summed E-state index contributed by atoms with van der Waals surface area (Å²) in [6.45, 7) is 4.69. The van der Waals surface area contributed by atoms with E-state index in [2.05, 4.69) is 14.5 Å². The van der Waals surface area contributed by atoms with E-state index in [0.717, 1.165) is 31.6 Å². The van der Waals surface area contributed by atoms with Gasteiger partial charge >= 0.3 is 6.36 Å². The maximum atomic E-state index is 12.9. The van der Waals surface area contributed by atoms with Crippen molar-refractivity contribution in [1.29, 1.82) is 0 Å². The molecular weight excluding hydrogens is 371 g/mol. The highest BCUT2D eigenvalue weighted by Crippen LogP contribution is 2.32. The van der Waals surface area contributed by atoms with Gasteiger partial charge in [-0.15, -0.1) is 13.2 Å². The molecule has 5 nitrogen and oxygen atoms in total. The van der Waals surface area contributed by atoms with Gasteiger partial charge in [0.05, 0.1) is 5.92 Å². The van der Waals surface area contributed by atoms with Gasteiger partial charge in [-0.1, -0.05) is 0 Å². The molecule has 2 saturated heterocycles. The van der Waals surface area contributed by atoms with E-state index < -0.39 is 6.36 Å². The van der Waals surface area contributed by atoms with E-state index in [1.54, 1.807) is 12.1 Å². The zero-order valence-electron chi connectivity index (χ0n) is 15.8. The monoisotopic (exact) mass is 397 g/mol. The average molecular weight is 397 g/mol. The highest BCUT2D eigenvalue weighted by Gasteiger charge is 2.36. The van der Waals surface area contributed by atoms with E-state index in [1.807, 2.05) is 4.90 Å². The summed E-state index contributed by atoms with van der Waals surface area (Å²) in [4.78, 5) is 19.5. The molecule has 3 fully saturated rings. The Kier molecular flexibility index (Phi) is 5.40. The Hall–Kier alpha value is -1.96. The number of benzene rings is 1. The van der Waals surface area contributed by atoms with Crippen molar-refractivity contribution in [2.24, 2.45) is 5.92 Å². The zero-order valence-corrected chi connectivity index (χ0v) is 15.8. The average Bonchev–Trinajstić information content (AvgIpc) is 3.52. The Labute approximate surface area is 163 Å². The van der Waals surface area contributed by atoms with Crippen LogP contribution in [0, 0.1) is 5.92 Å². The lowest BCUT2D eigenvalue weighted by Crippen LogP contribution is -2.52. The quantitative estimate of drug-likeness (QED) is 0.782. The molecule has 0 bridgehead atoms. The number of hydrogen-bond donors (Lipinski definition) is 0. The van der Waals surface area contributed by atoms with Crippen LogP contribution in [0.15, 0.2) is 24.3 Å². The van der Waals surface area contributed by atoms with Crippen LogP contribution in [0.25, 0.3) is 0 Å². The molecule has 1 unspecified atom stereocenters. The fraction of sp³-hybridized carbons (Fsp3) is 0.650. The van der Waals surface area contributed by atoms with Crippen molar-refractivity contribution in [3.63, 3.8) is 0 Å². The number of piperidine rings is 1. The third-order valence-electron chi connectivity index (χ3n) is 5.89. The molecule has 0 spiro atoms. The third kappa shape index (κ3) is 4.71. The number of halogens is 3. The summed E-state index contributed by atoms with van der Waals surface area (Å²) in [5.41, 5.74) is 0.846. The SMILES string of the molecule is O=C(C1CCCN(C2CC2)C1)N1CCN(c2ccc(OC(F)(F)F)cc2)CC1. The molecule has 2 aliphatic heterocycles. The fourth-order valence-electron chi connectivity index (χ4n) is 4.28. The first-order valence-electron chi connectivity index (χ1n) is 10.0. The van der Waals surface area contributed by atoms with Gasteiger partial charge in [0.25, 0.3) is 0 Å². The van der Waals surface area contributed by atoms with Gasteiger partial charge in [-0.2, -0.15) is 0 Å². The molecule has 0 radical (unpaired) electrons. The molecule has 2 heterocycles. The van der Waals surface area contributed by atoms with Crippen LogP contribution in [0.4, 0.5) is 18.9 Å². The first kappa shape index (κ1) is 19.4. The van der Waals surface area contributed by atoms with Gasteiger partial charge in [-0.3, -0.25) is 9.69 Å². The highest BCUT2D eigenvalue weighted by molar-refractivity contribution is 5.79. The van der Waals surface area contributed by atoms with Crippen molar-refractivity contribution in [2.75, 3.05) is 44.2 Å². The molecule has 28 heavy (non-hydrogen) atoms. The van der Waals surface area contributed by atoms with Crippen molar-refractivity contribution in [1.82, 2.24) is 9.80 Å². The second-order valence-corrected chi connectivity index (χ2v) is 7.92. The summed E-state index contributed by atoms with van der Waals surface area (Å²) in [7, 11) is 0. The van der Waals surface area contributed by atoms with Gasteiger partial charge in [0.1, 0.15) is 5.75 Å². The second-order valence-electron chi connectivity index (χ2n) is 7.92. The summed E-state index contributed by atoms with van der Waals surface area (Å²) in [6, 6.07) is 6.63. The normalized spacial score (nSPS) is 24.3. The number of amides is 1. The number of nitrogens with zero attached hydrogens (tertiary/aromatic N) is 3. The summed E-state index contributed by atoms with van der Waals surface area (Å²) in [5.74, 6) is 0.154. The molecule has 0 aromatic heterocycles. The number of piperazine rings is 1. The molecule has 1 atom stereocenters. The Morgan fingerprint density at radius 3 is 2.25 bits per heavy atom. The van der Waals surface area contributed by atoms with E-state index in [1.165, 1.54) is 25.0 Å². The number of ether oxygens (including phenoxy) is 1. The maximum Gasteiger partial charge on any atom is 0.573 e. The molecule has 1 aromatic carbocycles. The number of rotatable bonds is 4. The topological polar surface area (TPSA) is 36.0 Å². The lowest BCUT2D eigenvalue weighted by molar-refractivity contribution is -0.274. The van der Waals surface area contributed by atoms with Crippen LogP contribution >= 0.6 is 0 Å². The lowest BCUT2D eigenvalue weighted by atomic mass is 9.96. The third-order valence-corrected chi connectivity index (χ3v) is 5.89. The Morgan fingerprint density at radius 1 is 0.964 bits per heavy atom. The zero-order chi connectivity index (χ0) is 19.7. The smallest absolute Gasteiger partial charge is 0.406 e. The lowest BCUT2D eigenvalue weighted by Gasteiger charge is -2.39. The summed E-state index contributed by atoms with van der Waals surface area (Å²) in [6.07, 6.45) is -0.0668. The molecular formula is C20H26F3N3O2. The molecule has 1 amide bonds. The van der Waals surface area contributed by atoms with Gasteiger partial charge in [-0.05, 0) is 56.5 Å².